The molecule has 0 atom stereocenters. The molecule has 2 rings (SSSR count). The maximum absolute atomic E-state index is 5.47. The van der Waals surface area contributed by atoms with Crippen molar-refractivity contribution >= 4 is 29.1 Å². The fourth-order valence-corrected chi connectivity index (χ4v) is 3.04. The van der Waals surface area contributed by atoms with Crippen LogP contribution in [-0.2, 0) is 11.3 Å². The third-order valence-electron chi connectivity index (χ3n) is 3.88. The molecule has 0 amide bonds. The molecule has 0 aliphatic carbocycles. The van der Waals surface area contributed by atoms with Gasteiger partial charge < -0.3 is 19.9 Å². The van der Waals surface area contributed by atoms with Crippen LogP contribution in [0.5, 0.6) is 0 Å². The summed E-state index contributed by atoms with van der Waals surface area (Å²) in [6.07, 6.45) is 2.09. The second-order valence-electron chi connectivity index (χ2n) is 5.55. The molecule has 1 heterocycles. The molecule has 6 heteroatoms. The van der Waals surface area contributed by atoms with Gasteiger partial charge in [-0.2, -0.15) is 0 Å². The molecule has 1 saturated heterocycles. The van der Waals surface area contributed by atoms with Crippen molar-refractivity contribution in [2.24, 2.45) is 0 Å². The van der Waals surface area contributed by atoms with Gasteiger partial charge in [-0.25, -0.2) is 0 Å². The average Bonchev–Trinajstić information content (AvgIpc) is 2.56. The van der Waals surface area contributed by atoms with E-state index in [1.807, 2.05) is 7.05 Å². The molecule has 1 aliphatic rings. The highest BCUT2D eigenvalue weighted by molar-refractivity contribution is 7.98. The van der Waals surface area contributed by atoms with Crippen molar-refractivity contribution in [3.05, 3.63) is 29.8 Å². The zero-order chi connectivity index (χ0) is 15.8. The number of nitrogens with one attached hydrogen (secondary N) is 2. The monoisotopic (exact) mass is 340 g/mol. The summed E-state index contributed by atoms with van der Waals surface area (Å²) in [5.41, 5.74) is 1.28. The van der Waals surface area contributed by atoms with Gasteiger partial charge in [-0.3, -0.25) is 0 Å². The fourth-order valence-electron chi connectivity index (χ4n) is 2.47. The Kier molecular flexibility index (Phi) is 7.45. The zero-order valence-corrected chi connectivity index (χ0v) is 15.1. The van der Waals surface area contributed by atoms with Crippen LogP contribution in [-0.4, -0.2) is 62.7 Å². The van der Waals surface area contributed by atoms with E-state index in [0.717, 1.165) is 51.0 Å². The molecule has 4 nitrogen and oxygen atoms in total. The molecule has 0 bridgehead atoms. The van der Waals surface area contributed by atoms with Crippen LogP contribution in [0, 0.1) is 0 Å². The number of thiocarbonyl (C=S) groups is 1. The molecule has 22 heavy (non-hydrogen) atoms. The highest BCUT2D eigenvalue weighted by atomic mass is 32.2. The standard InChI is InChI=1S/C16H25N3OS2/c1-18(13-14-3-5-15(22-2)6-4-14)16(21)17-7-8-19-9-11-20-12-10-19/h3-6H,7-13H2,1-2H3,(H,17,21)/p+1. The summed E-state index contributed by atoms with van der Waals surface area (Å²) in [6.45, 7) is 6.82. The average molecular weight is 341 g/mol. The van der Waals surface area contributed by atoms with Crippen LogP contribution in [0.2, 0.25) is 0 Å². The van der Waals surface area contributed by atoms with Crippen LogP contribution in [0.4, 0.5) is 0 Å². The zero-order valence-electron chi connectivity index (χ0n) is 13.4. The molecular weight excluding hydrogens is 314 g/mol. The van der Waals surface area contributed by atoms with Gasteiger partial charge in [0.25, 0.3) is 0 Å². The lowest BCUT2D eigenvalue weighted by Gasteiger charge is -2.25. The van der Waals surface area contributed by atoms with E-state index < -0.39 is 0 Å². The van der Waals surface area contributed by atoms with E-state index in [1.54, 1.807) is 16.7 Å². The van der Waals surface area contributed by atoms with Crippen molar-refractivity contribution in [3.8, 4) is 0 Å². The first-order valence-electron chi connectivity index (χ1n) is 7.72. The van der Waals surface area contributed by atoms with Crippen molar-refractivity contribution < 1.29 is 9.64 Å². The van der Waals surface area contributed by atoms with Gasteiger partial charge in [-0.1, -0.05) is 12.1 Å². The predicted molar refractivity (Wildman–Crippen MR) is 96.7 cm³/mol. The SMILES string of the molecule is CSc1ccc(CN(C)C(=S)NCC[NH+]2CCOCC2)cc1. The summed E-state index contributed by atoms with van der Waals surface area (Å²) in [7, 11) is 2.04. The number of hydrogen-bond acceptors (Lipinski definition) is 3. The predicted octanol–water partition coefficient (Wildman–Crippen LogP) is 0.630. The molecule has 0 aromatic heterocycles. The molecule has 1 fully saturated rings. The molecule has 2 N–H and O–H groups in total. The van der Waals surface area contributed by atoms with Crippen LogP contribution in [0.25, 0.3) is 0 Å². The second-order valence-corrected chi connectivity index (χ2v) is 6.81. The highest BCUT2D eigenvalue weighted by Crippen LogP contribution is 2.15. The first kappa shape index (κ1) is 17.5. The van der Waals surface area contributed by atoms with Crippen LogP contribution >= 0.6 is 24.0 Å². The van der Waals surface area contributed by atoms with Crippen LogP contribution in [0.1, 0.15) is 5.56 Å². The molecule has 1 aromatic carbocycles. The molecular formula is C16H26N3OS2+. The van der Waals surface area contributed by atoms with Gasteiger partial charge in [0, 0.05) is 18.5 Å². The number of ether oxygens (including phenoxy) is 1. The number of quaternary nitrogens is 1. The third-order valence-corrected chi connectivity index (χ3v) is 5.08. The molecule has 0 spiro atoms. The lowest BCUT2D eigenvalue weighted by molar-refractivity contribution is -0.906. The Morgan fingerprint density at radius 3 is 2.64 bits per heavy atom. The summed E-state index contributed by atoms with van der Waals surface area (Å²) in [5.74, 6) is 0. The Balaban J connectivity index is 1.69. The lowest BCUT2D eigenvalue weighted by atomic mass is 10.2. The van der Waals surface area contributed by atoms with Crippen molar-refractivity contribution in [2.45, 2.75) is 11.4 Å². The topological polar surface area (TPSA) is 28.9 Å². The molecule has 122 valence electrons. The van der Waals surface area contributed by atoms with E-state index in [0.29, 0.717) is 0 Å². The van der Waals surface area contributed by atoms with Gasteiger partial charge in [0.05, 0.1) is 26.3 Å². The summed E-state index contributed by atoms with van der Waals surface area (Å²) >= 11 is 7.23. The normalized spacial score (nSPS) is 15.5. The third kappa shape index (κ3) is 5.76. The number of benzene rings is 1. The molecule has 1 aliphatic heterocycles. The van der Waals surface area contributed by atoms with E-state index in [9.17, 15) is 0 Å². The number of nitrogens with zero attached hydrogens (tertiary/aromatic N) is 1. The van der Waals surface area contributed by atoms with Gasteiger partial charge in [0.15, 0.2) is 5.11 Å². The van der Waals surface area contributed by atoms with E-state index >= 15 is 0 Å². The van der Waals surface area contributed by atoms with Crippen LogP contribution < -0.4 is 10.2 Å². The Hall–Kier alpha value is -0.820. The van der Waals surface area contributed by atoms with Crippen molar-refractivity contribution in [2.75, 3.05) is 52.7 Å². The molecule has 1 aromatic rings. The molecule has 0 saturated carbocycles. The van der Waals surface area contributed by atoms with Gasteiger partial charge in [-0.05, 0) is 36.2 Å². The number of morpholine rings is 1. The Morgan fingerprint density at radius 1 is 1.32 bits per heavy atom. The van der Waals surface area contributed by atoms with Crippen molar-refractivity contribution in [1.82, 2.24) is 10.2 Å². The second kappa shape index (κ2) is 9.35. The summed E-state index contributed by atoms with van der Waals surface area (Å²) in [5, 5.41) is 4.19. The Labute approximate surface area is 143 Å². The Morgan fingerprint density at radius 2 is 2.00 bits per heavy atom. The highest BCUT2D eigenvalue weighted by Gasteiger charge is 2.13. The number of thioether (sulfide) groups is 1. The van der Waals surface area contributed by atoms with Crippen molar-refractivity contribution in [3.63, 3.8) is 0 Å². The van der Waals surface area contributed by atoms with E-state index in [4.69, 9.17) is 17.0 Å². The first-order valence-corrected chi connectivity index (χ1v) is 9.35. The molecule has 0 radical (unpaired) electrons. The fraction of sp³-hybridized carbons (Fsp3) is 0.562. The van der Waals surface area contributed by atoms with Crippen LogP contribution in [0.3, 0.4) is 0 Å². The van der Waals surface area contributed by atoms with E-state index in [-0.39, 0.29) is 0 Å². The minimum Gasteiger partial charge on any atom is -0.370 e. The van der Waals surface area contributed by atoms with Gasteiger partial charge >= 0.3 is 0 Å². The molecule has 0 unspecified atom stereocenters. The van der Waals surface area contributed by atoms with E-state index in [1.165, 1.54) is 10.5 Å². The summed E-state index contributed by atoms with van der Waals surface area (Å²) in [6, 6.07) is 8.66. The summed E-state index contributed by atoms with van der Waals surface area (Å²) < 4.78 is 5.37. The maximum atomic E-state index is 5.47. The smallest absolute Gasteiger partial charge is 0.169 e. The Bertz CT molecular complexity index is 461. The van der Waals surface area contributed by atoms with Gasteiger partial charge in [-0.15, -0.1) is 11.8 Å². The van der Waals surface area contributed by atoms with Gasteiger partial charge in [0.2, 0.25) is 0 Å². The first-order chi connectivity index (χ1) is 10.7. The minimum absolute atomic E-state index is 0.821. The maximum Gasteiger partial charge on any atom is 0.169 e. The van der Waals surface area contributed by atoms with Crippen molar-refractivity contribution in [1.29, 1.82) is 0 Å². The van der Waals surface area contributed by atoms with E-state index in [2.05, 4.69) is 40.7 Å². The largest absolute Gasteiger partial charge is 0.370 e. The minimum atomic E-state index is 0.821. The number of rotatable bonds is 6. The van der Waals surface area contributed by atoms with Gasteiger partial charge in [0.1, 0.15) is 13.1 Å². The quantitative estimate of drug-likeness (QED) is 0.586. The van der Waals surface area contributed by atoms with Crippen LogP contribution in [0.15, 0.2) is 29.2 Å². The number of hydrogen-bond donors (Lipinski definition) is 2. The lowest BCUT2D eigenvalue weighted by Crippen LogP contribution is -3.14. The summed E-state index contributed by atoms with van der Waals surface area (Å²) in [4.78, 5) is 4.98.